The van der Waals surface area contributed by atoms with Crippen molar-refractivity contribution in [2.75, 3.05) is 13.7 Å². The molecular weight excluding hydrogens is 725 g/mol. The summed E-state index contributed by atoms with van der Waals surface area (Å²) in [5.41, 5.74) is 11.4. The molecule has 0 aromatic carbocycles. The number of ether oxygens (including phenoxy) is 2. The van der Waals surface area contributed by atoms with Crippen LogP contribution in [-0.2, 0) is 31.9 Å². The quantitative estimate of drug-likeness (QED) is 0.0748. The molecule has 1 aliphatic carbocycles. The van der Waals surface area contributed by atoms with Crippen molar-refractivity contribution in [1.82, 2.24) is 15.0 Å². The minimum atomic E-state index is -1.20. The Kier molecular flexibility index (Phi) is 15.3. The number of esters is 2. The first-order valence-corrected chi connectivity index (χ1v) is 20.1. The number of nitrogens with zero attached hydrogens (tertiary/aromatic N) is 4. The summed E-state index contributed by atoms with van der Waals surface area (Å²) in [6, 6.07) is 0. The topological polar surface area (TPSA) is 126 Å². The molecule has 2 aliphatic heterocycles. The summed E-state index contributed by atoms with van der Waals surface area (Å²) in [5, 5.41) is 6.90. The summed E-state index contributed by atoms with van der Waals surface area (Å²) in [4.78, 5) is 56.3. The van der Waals surface area contributed by atoms with Gasteiger partial charge in [-0.2, -0.15) is 11.4 Å². The number of hydrogen-bond donors (Lipinski definition) is 0. The van der Waals surface area contributed by atoms with Gasteiger partial charge in [-0.05, 0) is 83.6 Å². The molecule has 10 heteroatoms. The number of ketones is 1. The molecular formula is C47H60MgN4O5-2. The molecule has 0 amide bonds. The monoisotopic (exact) mass is 784 g/mol. The number of carbonyl (C=O) groups is 3. The second-order valence-electron chi connectivity index (χ2n) is 15.7. The predicted molar refractivity (Wildman–Crippen MR) is 229 cm³/mol. The van der Waals surface area contributed by atoms with Gasteiger partial charge in [0, 0.05) is 12.0 Å². The van der Waals surface area contributed by atoms with E-state index < -0.39 is 11.9 Å². The fraction of sp³-hybridized carbons (Fsp3) is 0.511. The Labute approximate surface area is 355 Å². The molecule has 0 spiro atoms. The van der Waals surface area contributed by atoms with Gasteiger partial charge in [0.2, 0.25) is 0 Å². The van der Waals surface area contributed by atoms with Gasteiger partial charge >= 0.3 is 35.0 Å². The van der Waals surface area contributed by atoms with Crippen molar-refractivity contribution < 1.29 is 23.9 Å². The fourth-order valence-electron chi connectivity index (χ4n) is 8.53. The van der Waals surface area contributed by atoms with Crippen LogP contribution >= 0.6 is 0 Å². The third-order valence-electron chi connectivity index (χ3n) is 12.3. The van der Waals surface area contributed by atoms with E-state index in [2.05, 4.69) is 61.5 Å². The van der Waals surface area contributed by atoms with Gasteiger partial charge in [-0.15, -0.1) is 33.5 Å². The first-order valence-electron chi connectivity index (χ1n) is 20.1. The zero-order valence-corrected chi connectivity index (χ0v) is 36.4. The maximum absolute atomic E-state index is 14.3. The van der Waals surface area contributed by atoms with Gasteiger partial charge in [0.1, 0.15) is 12.5 Å². The van der Waals surface area contributed by atoms with Crippen LogP contribution in [0.5, 0.6) is 0 Å². The fourth-order valence-corrected chi connectivity index (χ4v) is 8.53. The number of hydrogen-bond acceptors (Lipinski definition) is 5. The Morgan fingerprint density at radius 1 is 0.895 bits per heavy atom. The van der Waals surface area contributed by atoms with Gasteiger partial charge in [-0.1, -0.05) is 112 Å². The van der Waals surface area contributed by atoms with Crippen molar-refractivity contribution in [3.05, 3.63) is 95.2 Å². The van der Waals surface area contributed by atoms with Gasteiger partial charge in [0.15, 0.2) is 5.78 Å². The minimum Gasteiger partial charge on any atom is -0.664 e. The number of aromatic nitrogens is 3. The van der Waals surface area contributed by atoms with Crippen LogP contribution in [0.4, 0.5) is 0 Å². The Hall–Kier alpha value is -4.02. The molecule has 1 saturated heterocycles. The first-order chi connectivity index (χ1) is 26.3. The largest absolute Gasteiger partial charge is 2.00 e. The number of rotatable bonds is 13. The molecule has 5 heterocycles. The Morgan fingerprint density at radius 2 is 1.58 bits per heavy atom. The van der Waals surface area contributed by atoms with E-state index in [-0.39, 0.29) is 67.1 Å². The number of carbonyl (C=O) groups excluding carboxylic acids is 3. The Balaban J connectivity index is 0.00000360. The minimum absolute atomic E-state index is 0. The predicted octanol–water partition coefficient (Wildman–Crippen LogP) is 7.70. The number of methoxy groups -OCH3 is 1. The third-order valence-corrected chi connectivity index (χ3v) is 12.3. The van der Waals surface area contributed by atoms with E-state index in [1.165, 1.54) is 25.5 Å². The average molecular weight is 785 g/mol. The molecule has 8 bridgehead atoms. The molecule has 1 fully saturated rings. The van der Waals surface area contributed by atoms with E-state index in [0.717, 1.165) is 75.7 Å². The molecule has 0 N–H and O–H groups in total. The number of fused-ring (bicyclic) bond motifs is 7. The van der Waals surface area contributed by atoms with E-state index >= 15 is 0 Å². The molecule has 9 nitrogen and oxygen atoms in total. The molecule has 6 rings (SSSR count). The van der Waals surface area contributed by atoms with Crippen molar-refractivity contribution >= 4 is 64.6 Å². The Morgan fingerprint density at radius 3 is 2.25 bits per heavy atom. The van der Waals surface area contributed by atoms with Crippen molar-refractivity contribution in [1.29, 1.82) is 0 Å². The van der Waals surface area contributed by atoms with E-state index in [1.807, 2.05) is 25.2 Å². The summed E-state index contributed by atoms with van der Waals surface area (Å²) in [6.07, 6.45) is 14.7. The molecule has 0 saturated carbocycles. The molecule has 3 aromatic heterocycles. The van der Waals surface area contributed by atoms with Crippen LogP contribution in [0.25, 0.3) is 29.1 Å². The van der Waals surface area contributed by atoms with E-state index in [0.29, 0.717) is 46.1 Å². The van der Waals surface area contributed by atoms with Crippen LogP contribution in [0, 0.1) is 44.4 Å². The molecule has 0 unspecified atom stereocenters. The van der Waals surface area contributed by atoms with Crippen LogP contribution < -0.4 is 25.7 Å². The smallest absolute Gasteiger partial charge is 0.664 e. The maximum Gasteiger partial charge on any atom is 2.00 e. The van der Waals surface area contributed by atoms with Crippen molar-refractivity contribution in [2.24, 2.45) is 23.7 Å². The van der Waals surface area contributed by atoms with Crippen LogP contribution in [0.2, 0.25) is 0 Å². The van der Waals surface area contributed by atoms with Crippen molar-refractivity contribution in [3.63, 3.8) is 0 Å². The summed E-state index contributed by atoms with van der Waals surface area (Å²) in [6.45, 7) is 19.2. The van der Waals surface area contributed by atoms with Gasteiger partial charge in [0.05, 0.1) is 7.11 Å². The summed E-state index contributed by atoms with van der Waals surface area (Å²) >= 11 is 0. The van der Waals surface area contributed by atoms with Crippen molar-refractivity contribution in [2.45, 2.75) is 121 Å². The van der Waals surface area contributed by atoms with Gasteiger partial charge in [0.25, 0.3) is 0 Å². The van der Waals surface area contributed by atoms with Crippen molar-refractivity contribution in [3.8, 4) is 0 Å². The van der Waals surface area contributed by atoms with E-state index in [1.54, 1.807) is 0 Å². The van der Waals surface area contributed by atoms with E-state index in [4.69, 9.17) is 29.7 Å². The maximum atomic E-state index is 14.3. The van der Waals surface area contributed by atoms with Crippen LogP contribution in [-0.4, -0.2) is 54.5 Å². The first kappa shape index (κ1) is 45.7. The molecule has 3 aliphatic rings. The normalized spacial score (nSPS) is 22.2. The number of allylic oxidation sites excluding steroid dienone is 3. The Bertz CT molecular complexity index is 2230. The number of Topliss-reactive ketones (excluding diaryl/α,β-unsaturated/α-hetero) is 1. The van der Waals surface area contributed by atoms with Crippen LogP contribution in [0.15, 0.2) is 23.0 Å². The van der Waals surface area contributed by atoms with Gasteiger partial charge < -0.3 is 29.7 Å². The molecule has 0 radical (unpaired) electrons. The third kappa shape index (κ3) is 8.87. The van der Waals surface area contributed by atoms with Gasteiger partial charge in [-0.3, -0.25) is 14.4 Å². The summed E-state index contributed by atoms with van der Waals surface area (Å²) in [7, 11) is 1.30. The van der Waals surface area contributed by atoms with Crippen LogP contribution in [0.3, 0.4) is 0 Å². The zero-order valence-electron chi connectivity index (χ0n) is 35.0. The molecule has 3 aromatic rings. The molecule has 57 heavy (non-hydrogen) atoms. The second kappa shape index (κ2) is 19.2. The van der Waals surface area contributed by atoms with E-state index in [9.17, 15) is 14.4 Å². The van der Waals surface area contributed by atoms with Gasteiger partial charge in [-0.25, -0.2) is 0 Å². The summed E-state index contributed by atoms with van der Waals surface area (Å²) < 4.78 is 10.9. The molecule has 4 atom stereocenters. The average Bonchev–Trinajstić information content (AvgIpc) is 3.90. The zero-order chi connectivity index (χ0) is 39.7. The van der Waals surface area contributed by atoms with Crippen LogP contribution in [0.1, 0.15) is 148 Å². The second-order valence-corrected chi connectivity index (χ2v) is 15.7. The standard InChI is InChI=1S/C46H57N4O5.CH4.Mg/c1-11-24(4)15-14-16-25(5)19-20-55-39(51)18-17-32-28(8)35-21-33-26(6)30(12-2)37(47-33)22-34-27(7)31(13-3)38(48-34)23-36-29(9)40-44(50-36)41(43(32)49-35)42(45(40)52)46(53)54-10;;/h19,21-24,28,32,42H,11-18,20H2,1-10H3,(H-,49,50,52);1H4;/q-3;;+2/p-1/b25-19+,34-22-,35-21-,38-23-;;/t24-,28+,32+,42-;;/m1../s1. The molecule has 302 valence electrons. The summed E-state index contributed by atoms with van der Waals surface area (Å²) in [5.74, 6) is -2.23. The SMILES string of the molecule is C.CCc1c2[n-]c(c1C)/C=C1\[N-]/C(=C3\c4[n-]c(c(C)c4C(=O)[C@@H]3C(=O)OC)/C=c3\[n-]/c(c(C)c3CC)=C\2)[C@@H](CCC(=O)OC/C=C(\C)CCC[C@H](C)CC)[C@@H]1C.[Mg+2].